The van der Waals surface area contributed by atoms with Crippen LogP contribution < -0.4 is 4.72 Å². The predicted octanol–water partition coefficient (Wildman–Crippen LogP) is 2.76. The van der Waals surface area contributed by atoms with E-state index in [9.17, 15) is 18.3 Å². The van der Waals surface area contributed by atoms with E-state index in [0.717, 1.165) is 0 Å². The summed E-state index contributed by atoms with van der Waals surface area (Å²) < 4.78 is 26.6. The van der Waals surface area contributed by atoms with Crippen LogP contribution in [-0.2, 0) is 14.8 Å². The van der Waals surface area contributed by atoms with Crippen LogP contribution in [-0.4, -0.2) is 26.0 Å². The van der Waals surface area contributed by atoms with Gasteiger partial charge in [0.1, 0.15) is 4.90 Å². The van der Waals surface area contributed by atoms with Crippen LogP contribution in [0.1, 0.15) is 27.2 Å². The van der Waals surface area contributed by atoms with E-state index >= 15 is 0 Å². The molecule has 0 aliphatic rings. The molecule has 1 unspecified atom stereocenters. The second kappa shape index (κ2) is 6.77. The topological polar surface area (TPSA) is 83.5 Å². The summed E-state index contributed by atoms with van der Waals surface area (Å²) in [6, 6.07) is 6.04. The van der Waals surface area contributed by atoms with E-state index in [1.165, 1.54) is 12.1 Å². The van der Waals surface area contributed by atoms with Crippen LogP contribution in [0.15, 0.2) is 29.2 Å². The summed E-state index contributed by atoms with van der Waals surface area (Å²) in [7, 11) is -3.82. The molecule has 0 bridgehead atoms. The molecule has 1 atom stereocenters. The molecule has 5 nitrogen and oxygen atoms in total. The van der Waals surface area contributed by atoms with Crippen LogP contribution in [0, 0.1) is 11.3 Å². The van der Waals surface area contributed by atoms with Crippen LogP contribution in [0.3, 0.4) is 0 Å². The van der Waals surface area contributed by atoms with Crippen LogP contribution >= 0.6 is 11.6 Å². The molecule has 1 rings (SSSR count). The molecule has 2 N–H and O–H groups in total. The van der Waals surface area contributed by atoms with Gasteiger partial charge >= 0.3 is 5.97 Å². The highest BCUT2D eigenvalue weighted by Gasteiger charge is 2.27. The maximum absolute atomic E-state index is 12.2. The van der Waals surface area contributed by atoms with Crippen molar-refractivity contribution in [2.75, 3.05) is 6.54 Å². The molecule has 0 spiro atoms. The van der Waals surface area contributed by atoms with Crippen molar-refractivity contribution >= 4 is 27.6 Å². The summed E-state index contributed by atoms with van der Waals surface area (Å²) >= 11 is 5.86. The van der Waals surface area contributed by atoms with Crippen LogP contribution in [0.25, 0.3) is 0 Å². The monoisotopic (exact) mass is 333 g/mol. The Balaban J connectivity index is 2.85. The zero-order chi connectivity index (χ0) is 16.3. The fraction of sp³-hybridized carbons (Fsp3) is 0.500. The van der Waals surface area contributed by atoms with Crippen LogP contribution in [0.2, 0.25) is 5.02 Å². The molecular weight excluding hydrogens is 314 g/mol. The molecule has 21 heavy (non-hydrogen) atoms. The number of rotatable bonds is 6. The summed E-state index contributed by atoms with van der Waals surface area (Å²) in [5.74, 6) is -1.81. The van der Waals surface area contributed by atoms with Crippen molar-refractivity contribution in [1.29, 1.82) is 0 Å². The Hall–Kier alpha value is -1.11. The van der Waals surface area contributed by atoms with Gasteiger partial charge in [-0.3, -0.25) is 4.79 Å². The number of aliphatic carboxylic acids is 1. The predicted molar refractivity (Wildman–Crippen MR) is 81.8 cm³/mol. The molecule has 0 amide bonds. The standard InChI is InChI=1S/C14H20ClNO4S/c1-14(2,3)8-10(13(17)18)9-16-21(19,20)12-7-5-4-6-11(12)15/h4-7,10,16H,8-9H2,1-3H3,(H,17,18). The van der Waals surface area contributed by atoms with Gasteiger partial charge in [0, 0.05) is 6.54 Å². The Morgan fingerprint density at radius 3 is 2.38 bits per heavy atom. The van der Waals surface area contributed by atoms with Gasteiger partial charge in [-0.1, -0.05) is 44.5 Å². The fourth-order valence-electron chi connectivity index (χ4n) is 1.94. The van der Waals surface area contributed by atoms with Gasteiger partial charge in [-0.15, -0.1) is 0 Å². The molecule has 0 aliphatic heterocycles. The first-order valence-corrected chi connectivity index (χ1v) is 8.36. The lowest BCUT2D eigenvalue weighted by Crippen LogP contribution is -2.35. The van der Waals surface area contributed by atoms with E-state index in [1.54, 1.807) is 12.1 Å². The first kappa shape index (κ1) is 17.9. The number of carbonyl (C=O) groups is 1. The highest BCUT2D eigenvalue weighted by Crippen LogP contribution is 2.25. The van der Waals surface area contributed by atoms with Gasteiger partial charge in [0.05, 0.1) is 10.9 Å². The number of hydrogen-bond acceptors (Lipinski definition) is 3. The van der Waals surface area contributed by atoms with Crippen molar-refractivity contribution in [3.05, 3.63) is 29.3 Å². The van der Waals surface area contributed by atoms with E-state index in [4.69, 9.17) is 11.6 Å². The summed E-state index contributed by atoms with van der Waals surface area (Å²) in [4.78, 5) is 11.2. The third-order valence-corrected chi connectivity index (χ3v) is 4.78. The summed E-state index contributed by atoms with van der Waals surface area (Å²) in [5.41, 5.74) is -0.209. The van der Waals surface area contributed by atoms with Crippen molar-refractivity contribution in [2.24, 2.45) is 11.3 Å². The van der Waals surface area contributed by atoms with Crippen molar-refractivity contribution < 1.29 is 18.3 Å². The molecule has 1 aromatic rings. The van der Waals surface area contributed by atoms with Gasteiger partial charge in [0.15, 0.2) is 0 Å². The highest BCUT2D eigenvalue weighted by atomic mass is 35.5. The maximum Gasteiger partial charge on any atom is 0.307 e. The van der Waals surface area contributed by atoms with Crippen molar-refractivity contribution in [2.45, 2.75) is 32.1 Å². The largest absolute Gasteiger partial charge is 0.481 e. The minimum Gasteiger partial charge on any atom is -0.481 e. The number of benzene rings is 1. The molecule has 1 aromatic carbocycles. The molecule has 0 radical (unpaired) electrons. The van der Waals surface area contributed by atoms with Gasteiger partial charge in [-0.05, 0) is 24.0 Å². The number of carboxylic acid groups (broad SMARTS) is 1. The molecule has 0 saturated heterocycles. The van der Waals surface area contributed by atoms with Crippen molar-refractivity contribution in [3.63, 3.8) is 0 Å². The van der Waals surface area contributed by atoms with Gasteiger partial charge < -0.3 is 5.11 Å². The average molecular weight is 334 g/mol. The third kappa shape index (κ3) is 5.65. The molecule has 0 aliphatic carbocycles. The number of sulfonamides is 1. The third-order valence-electron chi connectivity index (χ3n) is 2.85. The SMILES string of the molecule is CC(C)(C)CC(CNS(=O)(=O)c1ccccc1Cl)C(=O)O. The number of nitrogens with one attached hydrogen (secondary N) is 1. The van der Waals surface area contributed by atoms with Gasteiger partial charge in [0.25, 0.3) is 0 Å². The Bertz CT molecular complexity index is 608. The lowest BCUT2D eigenvalue weighted by molar-refractivity contribution is -0.142. The number of hydrogen-bond donors (Lipinski definition) is 2. The molecule has 0 aromatic heterocycles. The van der Waals surface area contributed by atoms with Crippen LogP contribution in [0.5, 0.6) is 0 Å². The Labute approximate surface area is 130 Å². The minimum absolute atomic E-state index is 0.0495. The van der Waals surface area contributed by atoms with Gasteiger partial charge in [0.2, 0.25) is 10.0 Å². The molecule has 118 valence electrons. The number of carboxylic acids is 1. The first-order valence-electron chi connectivity index (χ1n) is 6.50. The Morgan fingerprint density at radius 1 is 1.33 bits per heavy atom. The summed E-state index contributed by atoms with van der Waals surface area (Å²) in [6.45, 7) is 5.56. The van der Waals surface area contributed by atoms with Crippen LogP contribution in [0.4, 0.5) is 0 Å². The zero-order valence-corrected chi connectivity index (χ0v) is 13.8. The van der Waals surface area contributed by atoms with E-state index in [1.807, 2.05) is 20.8 Å². The molecule has 0 heterocycles. The van der Waals surface area contributed by atoms with E-state index < -0.39 is 21.9 Å². The maximum atomic E-state index is 12.2. The van der Waals surface area contributed by atoms with Gasteiger partial charge in [-0.25, -0.2) is 13.1 Å². The minimum atomic E-state index is -3.82. The average Bonchev–Trinajstić information content (AvgIpc) is 2.33. The smallest absolute Gasteiger partial charge is 0.307 e. The summed E-state index contributed by atoms with van der Waals surface area (Å²) in [6.07, 6.45) is 0.368. The lowest BCUT2D eigenvalue weighted by Gasteiger charge is -2.23. The molecular formula is C14H20ClNO4S. The number of halogens is 1. The highest BCUT2D eigenvalue weighted by molar-refractivity contribution is 7.89. The quantitative estimate of drug-likeness (QED) is 0.838. The second-order valence-electron chi connectivity index (χ2n) is 6.08. The van der Waals surface area contributed by atoms with E-state index in [-0.39, 0.29) is 21.9 Å². The normalized spacial score (nSPS) is 13.9. The molecule has 0 fully saturated rings. The summed E-state index contributed by atoms with van der Waals surface area (Å²) in [5, 5.41) is 9.30. The first-order chi connectivity index (χ1) is 9.53. The van der Waals surface area contributed by atoms with Gasteiger partial charge in [-0.2, -0.15) is 0 Å². The molecule has 0 saturated carbocycles. The zero-order valence-electron chi connectivity index (χ0n) is 12.3. The molecule has 7 heteroatoms. The Morgan fingerprint density at radius 2 is 1.90 bits per heavy atom. The fourth-order valence-corrected chi connectivity index (χ4v) is 3.54. The van der Waals surface area contributed by atoms with Crippen molar-refractivity contribution in [3.8, 4) is 0 Å². The Kier molecular flexibility index (Phi) is 5.78. The second-order valence-corrected chi connectivity index (χ2v) is 8.22. The lowest BCUT2D eigenvalue weighted by atomic mass is 9.85. The van der Waals surface area contributed by atoms with E-state index in [0.29, 0.717) is 6.42 Å². The van der Waals surface area contributed by atoms with E-state index in [2.05, 4.69) is 4.72 Å². The van der Waals surface area contributed by atoms with Crippen molar-refractivity contribution in [1.82, 2.24) is 4.72 Å².